The van der Waals surface area contributed by atoms with Crippen LogP contribution < -0.4 is 0 Å². The zero-order valence-corrected chi connectivity index (χ0v) is 5.64. The Kier molecular flexibility index (Phi) is 1.89. The van der Waals surface area contributed by atoms with Crippen molar-refractivity contribution in [3.63, 3.8) is 0 Å². The van der Waals surface area contributed by atoms with Crippen molar-refractivity contribution in [2.75, 3.05) is 0 Å². The Morgan fingerprint density at radius 1 is 1.36 bits per heavy atom. The molecule has 1 aromatic rings. The summed E-state index contributed by atoms with van der Waals surface area (Å²) in [5, 5.41) is 8.89. The highest BCUT2D eigenvalue weighted by Gasteiger charge is 2.09. The Morgan fingerprint density at radius 2 is 2.00 bits per heavy atom. The maximum absolute atomic E-state index is 12.5. The number of aromatic hydroxyl groups is 1. The monoisotopic (exact) mass is 156 g/mol. The summed E-state index contributed by atoms with van der Waals surface area (Å²) in [5.74, 6) is -2.99. The quantitative estimate of drug-likeness (QED) is 0.661. The molecule has 1 aromatic carbocycles. The van der Waals surface area contributed by atoms with E-state index in [4.69, 9.17) is 5.11 Å². The summed E-state index contributed by atoms with van der Waals surface area (Å²) in [5.41, 5.74) is 0.184. The van der Waals surface area contributed by atoms with Gasteiger partial charge in [0.25, 0.3) is 0 Å². The first-order chi connectivity index (χ1) is 5.16. The predicted molar refractivity (Wildman–Crippen MR) is 38.1 cm³/mol. The van der Waals surface area contributed by atoms with Crippen LogP contribution in [0.25, 0.3) is 6.08 Å². The average Bonchev–Trinajstić information content (AvgIpc) is 2.01. The molecule has 58 valence electrons. The van der Waals surface area contributed by atoms with E-state index < -0.39 is 17.4 Å². The van der Waals surface area contributed by atoms with Gasteiger partial charge in [0, 0.05) is 5.56 Å². The molecule has 0 fully saturated rings. The number of phenolic OH excluding ortho intramolecular Hbond substituents is 1. The van der Waals surface area contributed by atoms with Crippen LogP contribution in [0.3, 0.4) is 0 Å². The average molecular weight is 156 g/mol. The molecule has 3 heteroatoms. The van der Waals surface area contributed by atoms with E-state index in [1.807, 2.05) is 0 Å². The third-order valence-corrected chi connectivity index (χ3v) is 1.32. The first-order valence-corrected chi connectivity index (χ1v) is 2.96. The fourth-order valence-corrected chi connectivity index (χ4v) is 0.720. The van der Waals surface area contributed by atoms with Crippen molar-refractivity contribution in [3.8, 4) is 5.75 Å². The predicted octanol–water partition coefficient (Wildman–Crippen LogP) is 2.31. The van der Waals surface area contributed by atoms with Crippen LogP contribution >= 0.6 is 0 Å². The minimum atomic E-state index is -1.23. The highest BCUT2D eigenvalue weighted by atomic mass is 19.2. The number of rotatable bonds is 1. The van der Waals surface area contributed by atoms with E-state index in [9.17, 15) is 8.78 Å². The molecule has 0 spiro atoms. The topological polar surface area (TPSA) is 20.2 Å². The lowest BCUT2D eigenvalue weighted by Crippen LogP contribution is -1.86. The second-order valence-corrected chi connectivity index (χ2v) is 2.00. The largest absolute Gasteiger partial charge is 0.504 e. The summed E-state index contributed by atoms with van der Waals surface area (Å²) in [4.78, 5) is 0. The summed E-state index contributed by atoms with van der Waals surface area (Å²) < 4.78 is 24.8. The van der Waals surface area contributed by atoms with Crippen LogP contribution in [0, 0.1) is 11.6 Å². The van der Waals surface area contributed by atoms with Gasteiger partial charge in [-0.05, 0) is 12.1 Å². The maximum Gasteiger partial charge on any atom is 0.200 e. The molecule has 0 heterocycles. The highest BCUT2D eigenvalue weighted by Crippen LogP contribution is 2.23. The van der Waals surface area contributed by atoms with Gasteiger partial charge in [-0.15, -0.1) is 0 Å². The fourth-order valence-electron chi connectivity index (χ4n) is 0.720. The summed E-state index contributed by atoms with van der Waals surface area (Å²) in [7, 11) is 0. The van der Waals surface area contributed by atoms with Crippen molar-refractivity contribution < 1.29 is 13.9 Å². The molecule has 0 amide bonds. The molecule has 0 bridgehead atoms. The second-order valence-electron chi connectivity index (χ2n) is 2.00. The molecular weight excluding hydrogens is 150 g/mol. The van der Waals surface area contributed by atoms with Crippen LogP contribution in [-0.4, -0.2) is 5.11 Å². The number of halogens is 2. The Bertz CT molecular complexity index is 294. The molecule has 11 heavy (non-hydrogen) atoms. The van der Waals surface area contributed by atoms with Gasteiger partial charge in [-0.3, -0.25) is 0 Å². The normalized spacial score (nSPS) is 9.64. The van der Waals surface area contributed by atoms with E-state index in [1.54, 1.807) is 0 Å². The minimum absolute atomic E-state index is 0.184. The van der Waals surface area contributed by atoms with Gasteiger partial charge < -0.3 is 5.11 Å². The molecule has 0 aliphatic rings. The van der Waals surface area contributed by atoms with E-state index in [0.717, 1.165) is 6.07 Å². The second kappa shape index (κ2) is 2.70. The van der Waals surface area contributed by atoms with Crippen molar-refractivity contribution in [3.05, 3.63) is 35.9 Å². The molecule has 1 nitrogen and oxygen atoms in total. The molecule has 0 atom stereocenters. The first-order valence-electron chi connectivity index (χ1n) is 2.96. The number of hydrogen-bond acceptors (Lipinski definition) is 1. The summed E-state index contributed by atoms with van der Waals surface area (Å²) in [6.45, 7) is 3.31. The zero-order chi connectivity index (χ0) is 8.43. The number of phenols is 1. The summed E-state index contributed by atoms with van der Waals surface area (Å²) >= 11 is 0. The van der Waals surface area contributed by atoms with Crippen molar-refractivity contribution in [1.82, 2.24) is 0 Å². The Labute approximate surface area is 62.6 Å². The molecule has 1 rings (SSSR count). The van der Waals surface area contributed by atoms with Gasteiger partial charge in [0.15, 0.2) is 11.6 Å². The molecule has 0 radical (unpaired) electrons. The lowest BCUT2D eigenvalue weighted by Gasteiger charge is -1.99. The Hall–Kier alpha value is -1.38. The zero-order valence-electron chi connectivity index (χ0n) is 5.64. The molecule has 0 saturated heterocycles. The van der Waals surface area contributed by atoms with Gasteiger partial charge in [0.2, 0.25) is 5.82 Å². The van der Waals surface area contributed by atoms with Gasteiger partial charge in [-0.2, -0.15) is 4.39 Å². The van der Waals surface area contributed by atoms with Gasteiger partial charge in [-0.25, -0.2) is 4.39 Å². The minimum Gasteiger partial charge on any atom is -0.504 e. The van der Waals surface area contributed by atoms with Gasteiger partial charge in [0.1, 0.15) is 0 Å². The summed E-state index contributed by atoms with van der Waals surface area (Å²) in [6.07, 6.45) is 1.25. The summed E-state index contributed by atoms with van der Waals surface area (Å²) in [6, 6.07) is 2.19. The smallest absolute Gasteiger partial charge is 0.200 e. The molecule has 0 aliphatic carbocycles. The van der Waals surface area contributed by atoms with E-state index in [0.29, 0.717) is 0 Å². The third kappa shape index (κ3) is 1.22. The van der Waals surface area contributed by atoms with Crippen molar-refractivity contribution in [1.29, 1.82) is 0 Å². The molecule has 1 N–H and O–H groups in total. The van der Waals surface area contributed by atoms with Crippen LogP contribution in [0.15, 0.2) is 18.7 Å². The molecular formula is C8H6F2O. The fraction of sp³-hybridized carbons (Fsp3) is 0. The lowest BCUT2D eigenvalue weighted by atomic mass is 10.2. The van der Waals surface area contributed by atoms with Gasteiger partial charge >= 0.3 is 0 Å². The van der Waals surface area contributed by atoms with Crippen molar-refractivity contribution >= 4 is 6.08 Å². The lowest BCUT2D eigenvalue weighted by molar-refractivity contribution is 0.406. The first kappa shape index (κ1) is 7.72. The number of hydrogen-bond donors (Lipinski definition) is 1. The van der Waals surface area contributed by atoms with Crippen molar-refractivity contribution in [2.45, 2.75) is 0 Å². The van der Waals surface area contributed by atoms with Crippen LogP contribution in [-0.2, 0) is 0 Å². The maximum atomic E-state index is 12.5. The van der Waals surface area contributed by atoms with Crippen LogP contribution in [0.2, 0.25) is 0 Å². The Morgan fingerprint density at radius 3 is 2.55 bits per heavy atom. The van der Waals surface area contributed by atoms with Crippen LogP contribution in [0.1, 0.15) is 5.56 Å². The van der Waals surface area contributed by atoms with E-state index in [2.05, 4.69) is 6.58 Å². The van der Waals surface area contributed by atoms with Crippen molar-refractivity contribution in [2.24, 2.45) is 0 Å². The highest BCUT2D eigenvalue weighted by molar-refractivity contribution is 5.55. The van der Waals surface area contributed by atoms with Crippen LogP contribution in [0.5, 0.6) is 5.75 Å². The van der Waals surface area contributed by atoms with Gasteiger partial charge in [-0.1, -0.05) is 12.7 Å². The van der Waals surface area contributed by atoms with E-state index >= 15 is 0 Å². The molecule has 0 unspecified atom stereocenters. The molecule has 0 aromatic heterocycles. The van der Waals surface area contributed by atoms with Crippen LogP contribution in [0.4, 0.5) is 8.78 Å². The third-order valence-electron chi connectivity index (χ3n) is 1.32. The molecule has 0 saturated carbocycles. The van der Waals surface area contributed by atoms with E-state index in [-0.39, 0.29) is 5.56 Å². The standard InChI is InChI=1S/C8H6F2O/c1-2-5-3-4-6(9)7(10)8(5)11/h2-4,11H,1H2. The SMILES string of the molecule is C=Cc1ccc(F)c(F)c1O. The Balaban J connectivity index is 3.36. The molecule has 0 aliphatic heterocycles. The van der Waals surface area contributed by atoms with E-state index in [1.165, 1.54) is 12.1 Å². The number of benzene rings is 1. The van der Waals surface area contributed by atoms with Gasteiger partial charge in [0.05, 0.1) is 0 Å².